The van der Waals surface area contributed by atoms with Gasteiger partial charge in [-0.25, -0.2) is 9.78 Å². The van der Waals surface area contributed by atoms with Crippen LogP contribution in [0.2, 0.25) is 5.02 Å². The Balaban J connectivity index is 1.41. The number of carboxylic acids is 1. The summed E-state index contributed by atoms with van der Waals surface area (Å²) >= 11 is 5.93. The average Bonchev–Trinajstić information content (AvgIpc) is 3.50. The molecule has 2 aromatic heterocycles. The molecular formula is C24H14ClN3O4. The van der Waals surface area contributed by atoms with Gasteiger partial charge >= 0.3 is 5.97 Å². The number of benzene rings is 3. The van der Waals surface area contributed by atoms with Crippen molar-refractivity contribution in [2.24, 2.45) is 0 Å². The molecule has 32 heavy (non-hydrogen) atoms. The molecule has 2 heterocycles. The Morgan fingerprint density at radius 2 is 1.38 bits per heavy atom. The minimum absolute atomic E-state index is 0.207. The Bertz CT molecular complexity index is 1410. The Morgan fingerprint density at radius 3 is 2.06 bits per heavy atom. The number of hydrogen-bond acceptors (Lipinski definition) is 6. The summed E-state index contributed by atoms with van der Waals surface area (Å²) in [4.78, 5) is 15.4. The van der Waals surface area contributed by atoms with E-state index in [4.69, 9.17) is 25.5 Å². The molecule has 8 heteroatoms. The first-order valence-electron chi connectivity index (χ1n) is 9.57. The van der Waals surface area contributed by atoms with Gasteiger partial charge in [0.05, 0.1) is 11.8 Å². The van der Waals surface area contributed by atoms with Crippen LogP contribution < -0.4 is 0 Å². The van der Waals surface area contributed by atoms with E-state index in [1.165, 1.54) is 12.1 Å². The minimum atomic E-state index is -0.980. The molecule has 3 aromatic carbocycles. The molecule has 0 aliphatic carbocycles. The Hall–Kier alpha value is -4.23. The van der Waals surface area contributed by atoms with Crippen LogP contribution in [-0.4, -0.2) is 26.3 Å². The topological polar surface area (TPSA) is 102 Å². The lowest BCUT2D eigenvalue weighted by molar-refractivity contribution is 0.0697. The molecule has 0 bridgehead atoms. The third-order valence-electron chi connectivity index (χ3n) is 4.79. The van der Waals surface area contributed by atoms with Crippen molar-refractivity contribution in [1.82, 2.24) is 15.2 Å². The summed E-state index contributed by atoms with van der Waals surface area (Å²) in [6.07, 6.45) is 1.60. The van der Waals surface area contributed by atoms with Gasteiger partial charge in [-0.3, -0.25) is 0 Å². The van der Waals surface area contributed by atoms with E-state index < -0.39 is 5.97 Å². The smallest absolute Gasteiger partial charge is 0.335 e. The number of oxazole rings is 1. The molecule has 7 nitrogen and oxygen atoms in total. The second kappa shape index (κ2) is 8.13. The number of carboxylic acid groups (broad SMARTS) is 1. The fourth-order valence-electron chi connectivity index (χ4n) is 3.15. The van der Waals surface area contributed by atoms with Gasteiger partial charge < -0.3 is 13.9 Å². The molecule has 5 aromatic rings. The second-order valence-corrected chi connectivity index (χ2v) is 7.35. The summed E-state index contributed by atoms with van der Waals surface area (Å²) in [5.74, 6) is 0.733. The molecule has 0 saturated heterocycles. The van der Waals surface area contributed by atoms with Crippen molar-refractivity contribution in [3.8, 4) is 45.7 Å². The van der Waals surface area contributed by atoms with E-state index in [9.17, 15) is 4.79 Å². The number of rotatable bonds is 5. The van der Waals surface area contributed by atoms with Crippen molar-refractivity contribution in [3.05, 3.63) is 89.6 Å². The van der Waals surface area contributed by atoms with Gasteiger partial charge in [-0.15, -0.1) is 10.2 Å². The maximum atomic E-state index is 11.0. The van der Waals surface area contributed by atoms with Crippen LogP contribution >= 0.6 is 11.6 Å². The highest BCUT2D eigenvalue weighted by Crippen LogP contribution is 2.30. The zero-order valence-corrected chi connectivity index (χ0v) is 17.2. The number of nitrogens with zero attached hydrogens (tertiary/aromatic N) is 3. The Kier molecular flexibility index (Phi) is 5.01. The van der Waals surface area contributed by atoms with Crippen LogP contribution in [0.15, 0.2) is 87.8 Å². The maximum absolute atomic E-state index is 11.0. The summed E-state index contributed by atoms with van der Waals surface area (Å²) < 4.78 is 11.7. The lowest BCUT2D eigenvalue weighted by Crippen LogP contribution is -1.94. The molecule has 0 unspecified atom stereocenters. The molecule has 0 spiro atoms. The standard InChI is InChI=1S/C24H14ClN3O4/c25-19-10-8-15(9-11-19)22-27-28-23(32-22)18-3-1-2-17(12-18)21-26-13-20(31-21)14-4-6-16(7-5-14)24(29)30/h1-13H,(H,29,30). The summed E-state index contributed by atoms with van der Waals surface area (Å²) in [5.41, 5.74) is 3.17. The molecule has 0 radical (unpaired) electrons. The predicted molar refractivity (Wildman–Crippen MR) is 118 cm³/mol. The Labute approximate surface area is 186 Å². The fourth-order valence-corrected chi connectivity index (χ4v) is 3.28. The normalized spacial score (nSPS) is 10.9. The van der Waals surface area contributed by atoms with Crippen LogP contribution in [0.5, 0.6) is 0 Å². The van der Waals surface area contributed by atoms with Gasteiger partial charge in [-0.05, 0) is 54.6 Å². The lowest BCUT2D eigenvalue weighted by atomic mass is 10.1. The van der Waals surface area contributed by atoms with Gasteiger partial charge in [0.2, 0.25) is 17.7 Å². The van der Waals surface area contributed by atoms with Crippen molar-refractivity contribution in [1.29, 1.82) is 0 Å². The molecule has 0 amide bonds. The third-order valence-corrected chi connectivity index (χ3v) is 5.05. The minimum Gasteiger partial charge on any atom is -0.478 e. The summed E-state index contributed by atoms with van der Waals surface area (Å²) in [5, 5.41) is 17.9. The van der Waals surface area contributed by atoms with E-state index in [1.54, 1.807) is 30.5 Å². The number of aromatic nitrogens is 3. The number of halogens is 1. The monoisotopic (exact) mass is 443 g/mol. The first kappa shape index (κ1) is 19.7. The van der Waals surface area contributed by atoms with Crippen LogP contribution in [0.4, 0.5) is 0 Å². The van der Waals surface area contributed by atoms with Gasteiger partial charge in [0.15, 0.2) is 5.76 Å². The van der Waals surface area contributed by atoms with E-state index >= 15 is 0 Å². The molecule has 0 fully saturated rings. The van der Waals surface area contributed by atoms with Gasteiger partial charge in [0, 0.05) is 27.3 Å². The average molecular weight is 444 g/mol. The van der Waals surface area contributed by atoms with E-state index in [1.807, 2.05) is 36.4 Å². The lowest BCUT2D eigenvalue weighted by Gasteiger charge is -2.00. The van der Waals surface area contributed by atoms with Crippen molar-refractivity contribution >= 4 is 17.6 Å². The number of hydrogen-bond donors (Lipinski definition) is 1. The van der Waals surface area contributed by atoms with Crippen LogP contribution in [0.25, 0.3) is 45.7 Å². The molecule has 0 atom stereocenters. The van der Waals surface area contributed by atoms with E-state index in [-0.39, 0.29) is 5.56 Å². The maximum Gasteiger partial charge on any atom is 0.335 e. The van der Waals surface area contributed by atoms with Gasteiger partial charge in [0.1, 0.15) is 0 Å². The Morgan fingerprint density at radius 1 is 0.750 bits per heavy atom. The molecule has 0 aliphatic heterocycles. The van der Waals surface area contributed by atoms with Crippen LogP contribution in [0, 0.1) is 0 Å². The highest BCUT2D eigenvalue weighted by molar-refractivity contribution is 6.30. The fraction of sp³-hybridized carbons (Fsp3) is 0. The second-order valence-electron chi connectivity index (χ2n) is 6.91. The molecule has 0 saturated carbocycles. The van der Waals surface area contributed by atoms with Crippen molar-refractivity contribution < 1.29 is 18.7 Å². The van der Waals surface area contributed by atoms with Crippen LogP contribution in [-0.2, 0) is 0 Å². The van der Waals surface area contributed by atoms with Crippen molar-refractivity contribution in [2.45, 2.75) is 0 Å². The summed E-state index contributed by atoms with van der Waals surface area (Å²) in [7, 11) is 0. The first-order valence-corrected chi connectivity index (χ1v) is 9.94. The molecule has 0 aliphatic rings. The number of aromatic carboxylic acids is 1. The van der Waals surface area contributed by atoms with Gasteiger partial charge in [-0.2, -0.15) is 0 Å². The highest BCUT2D eigenvalue weighted by atomic mass is 35.5. The largest absolute Gasteiger partial charge is 0.478 e. The van der Waals surface area contributed by atoms with Gasteiger partial charge in [0.25, 0.3) is 0 Å². The molecule has 5 rings (SSSR count). The zero-order chi connectivity index (χ0) is 22.1. The van der Waals surface area contributed by atoms with E-state index in [0.717, 1.165) is 22.3 Å². The molecule has 156 valence electrons. The predicted octanol–water partition coefficient (Wildman–Crippen LogP) is 6.08. The zero-order valence-electron chi connectivity index (χ0n) is 16.4. The van der Waals surface area contributed by atoms with Crippen LogP contribution in [0.1, 0.15) is 10.4 Å². The highest BCUT2D eigenvalue weighted by Gasteiger charge is 2.14. The number of carbonyl (C=O) groups is 1. The van der Waals surface area contributed by atoms with Crippen molar-refractivity contribution in [3.63, 3.8) is 0 Å². The van der Waals surface area contributed by atoms with E-state index in [2.05, 4.69) is 15.2 Å². The van der Waals surface area contributed by atoms with Crippen molar-refractivity contribution in [2.75, 3.05) is 0 Å². The quantitative estimate of drug-likeness (QED) is 0.351. The summed E-state index contributed by atoms with van der Waals surface area (Å²) in [6.45, 7) is 0. The molecule has 1 N–H and O–H groups in total. The summed E-state index contributed by atoms with van der Waals surface area (Å²) in [6, 6.07) is 21.0. The van der Waals surface area contributed by atoms with E-state index in [0.29, 0.717) is 28.5 Å². The SMILES string of the molecule is O=C(O)c1ccc(-c2cnc(-c3cccc(-c4nnc(-c5ccc(Cl)cc5)o4)c3)o2)cc1. The first-order chi connectivity index (χ1) is 15.6. The van der Waals surface area contributed by atoms with Gasteiger partial charge in [-0.1, -0.05) is 29.8 Å². The third kappa shape index (κ3) is 3.89. The molecular weight excluding hydrogens is 430 g/mol. The van der Waals surface area contributed by atoms with Crippen LogP contribution in [0.3, 0.4) is 0 Å².